The lowest BCUT2D eigenvalue weighted by Crippen LogP contribution is -2.16. The van der Waals surface area contributed by atoms with Gasteiger partial charge in [0.25, 0.3) is 12.8 Å². The Morgan fingerprint density at radius 2 is 1.14 bits per heavy atom. The standard InChI is InChI=1S/C17H31F3O/c1-2-3-4-5-6-7-8-9-10-11-12-13-14-15-21-17(20)16(18)19/h2,16-17H,1,3-15H2. The van der Waals surface area contributed by atoms with Crippen molar-refractivity contribution in [3.05, 3.63) is 12.7 Å². The first-order valence-electron chi connectivity index (χ1n) is 8.33. The van der Waals surface area contributed by atoms with Gasteiger partial charge in [-0.2, -0.15) is 0 Å². The molecule has 4 heteroatoms. The molecule has 0 radical (unpaired) electrons. The van der Waals surface area contributed by atoms with Crippen LogP contribution in [0.25, 0.3) is 0 Å². The third-order valence-corrected chi connectivity index (χ3v) is 3.53. The smallest absolute Gasteiger partial charge is 0.293 e. The average molecular weight is 308 g/mol. The quantitative estimate of drug-likeness (QED) is 0.236. The minimum atomic E-state index is -3.03. The number of hydrogen-bond donors (Lipinski definition) is 0. The van der Waals surface area contributed by atoms with Crippen molar-refractivity contribution >= 4 is 0 Å². The Hall–Kier alpha value is -0.510. The van der Waals surface area contributed by atoms with E-state index < -0.39 is 12.8 Å². The van der Waals surface area contributed by atoms with Gasteiger partial charge in [0.1, 0.15) is 0 Å². The molecule has 0 aromatic rings. The van der Waals surface area contributed by atoms with Gasteiger partial charge in [0.15, 0.2) is 0 Å². The molecular formula is C17H31F3O. The van der Waals surface area contributed by atoms with Gasteiger partial charge in [0, 0.05) is 0 Å². The van der Waals surface area contributed by atoms with Crippen molar-refractivity contribution < 1.29 is 17.9 Å². The summed E-state index contributed by atoms with van der Waals surface area (Å²) in [5, 5.41) is 0. The summed E-state index contributed by atoms with van der Waals surface area (Å²) in [6, 6.07) is 0. The predicted octanol–water partition coefficient (Wildman–Crippen LogP) is 6.43. The van der Waals surface area contributed by atoms with Crippen molar-refractivity contribution in [2.24, 2.45) is 0 Å². The van der Waals surface area contributed by atoms with Crippen LogP contribution in [-0.4, -0.2) is 19.4 Å². The van der Waals surface area contributed by atoms with Gasteiger partial charge in [-0.3, -0.25) is 0 Å². The van der Waals surface area contributed by atoms with Crippen LogP contribution in [-0.2, 0) is 4.74 Å². The van der Waals surface area contributed by atoms with E-state index >= 15 is 0 Å². The first kappa shape index (κ1) is 20.5. The molecule has 0 saturated heterocycles. The predicted molar refractivity (Wildman–Crippen MR) is 82.5 cm³/mol. The molecule has 0 aromatic heterocycles. The highest BCUT2D eigenvalue weighted by atomic mass is 19.3. The molecule has 1 atom stereocenters. The van der Waals surface area contributed by atoms with E-state index in [9.17, 15) is 13.2 Å². The lowest BCUT2D eigenvalue weighted by Gasteiger charge is -2.08. The lowest BCUT2D eigenvalue weighted by atomic mass is 10.1. The maximum atomic E-state index is 12.4. The molecule has 0 spiro atoms. The molecule has 21 heavy (non-hydrogen) atoms. The van der Waals surface area contributed by atoms with E-state index in [1.54, 1.807) is 0 Å². The molecule has 0 aromatic carbocycles. The van der Waals surface area contributed by atoms with Crippen LogP contribution >= 0.6 is 0 Å². The van der Waals surface area contributed by atoms with Gasteiger partial charge in [-0.25, -0.2) is 13.2 Å². The Morgan fingerprint density at radius 3 is 1.57 bits per heavy atom. The fraction of sp³-hybridized carbons (Fsp3) is 0.882. The normalized spacial score (nSPS) is 12.8. The van der Waals surface area contributed by atoms with Crippen molar-refractivity contribution in [2.75, 3.05) is 6.61 Å². The van der Waals surface area contributed by atoms with Gasteiger partial charge in [0.2, 0.25) is 0 Å². The number of halogens is 3. The fourth-order valence-electron chi connectivity index (χ4n) is 2.25. The molecule has 0 amide bonds. The minimum Gasteiger partial charge on any atom is -0.344 e. The van der Waals surface area contributed by atoms with E-state index in [2.05, 4.69) is 11.3 Å². The third kappa shape index (κ3) is 15.7. The summed E-state index contributed by atoms with van der Waals surface area (Å²) in [5.41, 5.74) is 0. The summed E-state index contributed by atoms with van der Waals surface area (Å²) in [5.74, 6) is 0. The zero-order valence-electron chi connectivity index (χ0n) is 13.2. The van der Waals surface area contributed by atoms with Gasteiger partial charge in [-0.1, -0.05) is 63.9 Å². The summed E-state index contributed by atoms with van der Waals surface area (Å²) < 4.78 is 40.4. The molecule has 0 rings (SSSR count). The second-order valence-electron chi connectivity index (χ2n) is 5.52. The number of hydrogen-bond acceptors (Lipinski definition) is 1. The molecule has 1 nitrogen and oxygen atoms in total. The van der Waals surface area contributed by atoms with Crippen LogP contribution < -0.4 is 0 Å². The second-order valence-corrected chi connectivity index (χ2v) is 5.52. The molecule has 0 fully saturated rings. The summed E-state index contributed by atoms with van der Waals surface area (Å²) >= 11 is 0. The molecule has 0 aliphatic rings. The maximum Gasteiger partial charge on any atom is 0.293 e. The van der Waals surface area contributed by atoms with E-state index in [1.165, 1.54) is 51.4 Å². The Labute approximate surface area is 127 Å². The Bertz CT molecular complexity index is 222. The highest BCUT2D eigenvalue weighted by Gasteiger charge is 2.18. The highest BCUT2D eigenvalue weighted by molar-refractivity contribution is 4.65. The van der Waals surface area contributed by atoms with Crippen LogP contribution in [0.5, 0.6) is 0 Å². The van der Waals surface area contributed by atoms with Crippen molar-refractivity contribution in [1.82, 2.24) is 0 Å². The first-order chi connectivity index (χ1) is 10.2. The molecule has 0 N–H and O–H groups in total. The topological polar surface area (TPSA) is 9.23 Å². The van der Waals surface area contributed by atoms with E-state index in [-0.39, 0.29) is 6.61 Å². The van der Waals surface area contributed by atoms with Gasteiger partial charge in [0.05, 0.1) is 6.61 Å². The summed E-state index contributed by atoms with van der Waals surface area (Å²) in [7, 11) is 0. The Kier molecular flexibility index (Phi) is 15.5. The SMILES string of the molecule is C=CCCCCCCCCCCCCCOC(F)C(F)F. The Balaban J connectivity index is 3.04. The van der Waals surface area contributed by atoms with Crippen LogP contribution in [0.4, 0.5) is 13.2 Å². The molecule has 1 unspecified atom stereocenters. The van der Waals surface area contributed by atoms with Crippen LogP contribution in [0.15, 0.2) is 12.7 Å². The molecule has 126 valence electrons. The van der Waals surface area contributed by atoms with E-state index in [1.807, 2.05) is 6.08 Å². The molecule has 0 bridgehead atoms. The summed E-state index contributed by atoms with van der Waals surface area (Å²) in [4.78, 5) is 0. The zero-order valence-corrected chi connectivity index (χ0v) is 13.2. The van der Waals surface area contributed by atoms with E-state index in [0.29, 0.717) is 6.42 Å². The van der Waals surface area contributed by atoms with Gasteiger partial charge >= 0.3 is 0 Å². The number of alkyl halides is 3. The minimum absolute atomic E-state index is 0.0935. The first-order valence-corrected chi connectivity index (χ1v) is 8.33. The number of rotatable bonds is 16. The average Bonchev–Trinajstić information content (AvgIpc) is 2.47. The molecule has 0 heterocycles. The molecule has 0 aliphatic heterocycles. The highest BCUT2D eigenvalue weighted by Crippen LogP contribution is 2.13. The fourth-order valence-corrected chi connectivity index (χ4v) is 2.25. The van der Waals surface area contributed by atoms with Crippen molar-refractivity contribution in [3.8, 4) is 0 Å². The van der Waals surface area contributed by atoms with E-state index in [4.69, 9.17) is 0 Å². The van der Waals surface area contributed by atoms with Crippen molar-refractivity contribution in [3.63, 3.8) is 0 Å². The van der Waals surface area contributed by atoms with Crippen LogP contribution in [0.2, 0.25) is 0 Å². The van der Waals surface area contributed by atoms with Gasteiger partial charge in [-0.15, -0.1) is 6.58 Å². The zero-order chi connectivity index (χ0) is 15.8. The van der Waals surface area contributed by atoms with E-state index in [0.717, 1.165) is 19.3 Å². The largest absolute Gasteiger partial charge is 0.344 e. The lowest BCUT2D eigenvalue weighted by molar-refractivity contribution is -0.128. The molecule has 0 aliphatic carbocycles. The van der Waals surface area contributed by atoms with Crippen LogP contribution in [0, 0.1) is 0 Å². The van der Waals surface area contributed by atoms with Crippen LogP contribution in [0.1, 0.15) is 77.0 Å². The summed E-state index contributed by atoms with van der Waals surface area (Å²) in [6.45, 7) is 3.80. The van der Waals surface area contributed by atoms with Gasteiger partial charge < -0.3 is 4.74 Å². The van der Waals surface area contributed by atoms with Gasteiger partial charge in [-0.05, 0) is 19.3 Å². The second kappa shape index (κ2) is 15.9. The Morgan fingerprint density at radius 1 is 0.714 bits per heavy atom. The molecular weight excluding hydrogens is 277 g/mol. The van der Waals surface area contributed by atoms with Crippen LogP contribution in [0.3, 0.4) is 0 Å². The molecule has 0 saturated carbocycles. The monoisotopic (exact) mass is 308 g/mol. The third-order valence-electron chi connectivity index (χ3n) is 3.53. The number of unbranched alkanes of at least 4 members (excludes halogenated alkanes) is 11. The number of ether oxygens (including phenoxy) is 1. The summed E-state index contributed by atoms with van der Waals surface area (Å²) in [6.07, 6.45) is 10.5. The number of allylic oxidation sites excluding steroid dienone is 1. The van der Waals surface area contributed by atoms with Crippen molar-refractivity contribution in [2.45, 2.75) is 89.8 Å². The van der Waals surface area contributed by atoms with Crippen molar-refractivity contribution in [1.29, 1.82) is 0 Å². The maximum absolute atomic E-state index is 12.4.